The number of hydrogen-bond donors (Lipinski definition) is 0. The number of morpholine rings is 1. The highest BCUT2D eigenvalue weighted by molar-refractivity contribution is 6.33. The van der Waals surface area contributed by atoms with E-state index < -0.39 is 0 Å². The van der Waals surface area contributed by atoms with Crippen molar-refractivity contribution >= 4 is 23.6 Å². The van der Waals surface area contributed by atoms with Crippen molar-refractivity contribution in [3.63, 3.8) is 0 Å². The molecule has 3 nitrogen and oxygen atoms in total. The molecule has 0 aliphatic carbocycles. The Morgan fingerprint density at radius 3 is 2.94 bits per heavy atom. The molecule has 0 bridgehead atoms. The second-order valence-electron chi connectivity index (χ2n) is 4.44. The van der Waals surface area contributed by atoms with Crippen LogP contribution in [-0.4, -0.2) is 31.6 Å². The average Bonchev–Trinajstić information content (AvgIpc) is 2.32. The lowest BCUT2D eigenvalue weighted by Crippen LogP contribution is -2.47. The molecular weight excluding hydrogens is 238 g/mol. The van der Waals surface area contributed by atoms with E-state index in [-0.39, 0.29) is 12.1 Å². The molecule has 0 N–H and O–H groups in total. The number of ether oxygens (including phenoxy) is 1. The summed E-state index contributed by atoms with van der Waals surface area (Å²) in [4.78, 5) is 13.3. The molecule has 1 fully saturated rings. The van der Waals surface area contributed by atoms with Gasteiger partial charge in [-0.05, 0) is 26.0 Å². The van der Waals surface area contributed by atoms with Gasteiger partial charge in [0.05, 0.1) is 23.3 Å². The summed E-state index contributed by atoms with van der Waals surface area (Å²) in [6, 6.07) is 5.80. The second kappa shape index (κ2) is 5.07. The first-order chi connectivity index (χ1) is 8.13. The Bertz CT molecular complexity index is 422. The number of carbonyl (C=O) groups excluding carboxylic acids is 1. The Labute approximate surface area is 106 Å². The minimum atomic E-state index is 0.171. The third-order valence-corrected chi connectivity index (χ3v) is 3.39. The summed E-state index contributed by atoms with van der Waals surface area (Å²) in [5.74, 6) is 0. The van der Waals surface area contributed by atoms with Gasteiger partial charge >= 0.3 is 0 Å². The Hall–Kier alpha value is -1.06. The van der Waals surface area contributed by atoms with E-state index in [0.717, 1.165) is 18.5 Å². The van der Waals surface area contributed by atoms with Crippen LogP contribution in [0, 0.1) is 0 Å². The van der Waals surface area contributed by atoms with E-state index in [1.807, 2.05) is 19.1 Å². The molecule has 1 aliphatic heterocycles. The highest BCUT2D eigenvalue weighted by Crippen LogP contribution is 2.29. The maximum atomic E-state index is 11.1. The number of benzene rings is 1. The van der Waals surface area contributed by atoms with Crippen LogP contribution in [0.25, 0.3) is 0 Å². The number of aldehydes is 1. The van der Waals surface area contributed by atoms with Crippen molar-refractivity contribution in [1.82, 2.24) is 0 Å². The fourth-order valence-corrected chi connectivity index (χ4v) is 2.35. The monoisotopic (exact) mass is 253 g/mol. The van der Waals surface area contributed by atoms with Gasteiger partial charge in [-0.25, -0.2) is 0 Å². The van der Waals surface area contributed by atoms with E-state index in [1.165, 1.54) is 0 Å². The summed E-state index contributed by atoms with van der Waals surface area (Å²) >= 11 is 6.04. The van der Waals surface area contributed by atoms with Gasteiger partial charge in [0.25, 0.3) is 0 Å². The van der Waals surface area contributed by atoms with Gasteiger partial charge in [-0.2, -0.15) is 0 Å². The van der Waals surface area contributed by atoms with Gasteiger partial charge in [0.15, 0.2) is 6.29 Å². The standard InChI is InChI=1S/C13H16ClNO2/c1-9-8-17-10(2)6-15(9)13-5-3-4-12(14)11(13)7-16/h3-5,7,9-10H,6,8H2,1-2H3. The molecular formula is C13H16ClNO2. The smallest absolute Gasteiger partial charge is 0.153 e. The number of nitrogens with zero attached hydrogens (tertiary/aromatic N) is 1. The van der Waals surface area contributed by atoms with Crippen molar-refractivity contribution in [2.24, 2.45) is 0 Å². The van der Waals surface area contributed by atoms with Crippen molar-refractivity contribution in [3.05, 3.63) is 28.8 Å². The average molecular weight is 254 g/mol. The number of anilines is 1. The van der Waals surface area contributed by atoms with Crippen LogP contribution in [0.3, 0.4) is 0 Å². The third-order valence-electron chi connectivity index (χ3n) is 3.06. The van der Waals surface area contributed by atoms with Crippen LogP contribution in [-0.2, 0) is 4.74 Å². The van der Waals surface area contributed by atoms with E-state index in [1.54, 1.807) is 6.07 Å². The first-order valence-electron chi connectivity index (χ1n) is 5.75. The molecule has 2 unspecified atom stereocenters. The summed E-state index contributed by atoms with van der Waals surface area (Å²) in [6.45, 7) is 5.57. The van der Waals surface area contributed by atoms with Crippen molar-refractivity contribution in [1.29, 1.82) is 0 Å². The Morgan fingerprint density at radius 1 is 1.47 bits per heavy atom. The summed E-state index contributed by atoms with van der Waals surface area (Å²) in [7, 11) is 0. The molecule has 1 aromatic carbocycles. The number of halogens is 1. The van der Waals surface area contributed by atoms with E-state index >= 15 is 0 Å². The molecule has 4 heteroatoms. The predicted molar refractivity (Wildman–Crippen MR) is 69.1 cm³/mol. The molecule has 1 aromatic rings. The van der Waals surface area contributed by atoms with Crippen LogP contribution in [0.5, 0.6) is 0 Å². The molecule has 92 valence electrons. The first-order valence-corrected chi connectivity index (χ1v) is 6.13. The number of hydrogen-bond acceptors (Lipinski definition) is 3. The van der Waals surface area contributed by atoms with Crippen LogP contribution >= 0.6 is 11.6 Å². The molecule has 2 atom stereocenters. The van der Waals surface area contributed by atoms with Crippen LogP contribution in [0.4, 0.5) is 5.69 Å². The SMILES string of the molecule is CC1CN(c2cccc(Cl)c2C=O)C(C)CO1. The van der Waals surface area contributed by atoms with Gasteiger partial charge in [-0.15, -0.1) is 0 Å². The van der Waals surface area contributed by atoms with Crippen LogP contribution in [0.2, 0.25) is 5.02 Å². The third kappa shape index (κ3) is 2.45. The quantitative estimate of drug-likeness (QED) is 0.759. The fraction of sp³-hybridized carbons (Fsp3) is 0.462. The summed E-state index contributed by atoms with van der Waals surface area (Å²) in [5.41, 5.74) is 1.46. The molecule has 0 spiro atoms. The molecule has 0 amide bonds. The molecule has 0 saturated carbocycles. The van der Waals surface area contributed by atoms with Crippen molar-refractivity contribution < 1.29 is 9.53 Å². The summed E-state index contributed by atoms with van der Waals surface area (Å²) in [5, 5.41) is 0.504. The van der Waals surface area contributed by atoms with E-state index in [0.29, 0.717) is 17.2 Å². The zero-order valence-electron chi connectivity index (χ0n) is 10.0. The van der Waals surface area contributed by atoms with E-state index in [2.05, 4.69) is 11.8 Å². The number of rotatable bonds is 2. The summed E-state index contributed by atoms with van der Waals surface area (Å²) in [6.07, 6.45) is 0.995. The normalized spacial score (nSPS) is 24.8. The van der Waals surface area contributed by atoms with Gasteiger partial charge in [0.2, 0.25) is 0 Å². The molecule has 1 saturated heterocycles. The molecule has 1 heterocycles. The molecule has 1 aliphatic rings. The maximum Gasteiger partial charge on any atom is 0.153 e. The number of carbonyl (C=O) groups is 1. The lowest BCUT2D eigenvalue weighted by atomic mass is 10.1. The van der Waals surface area contributed by atoms with Gasteiger partial charge < -0.3 is 9.64 Å². The molecule has 0 aromatic heterocycles. The van der Waals surface area contributed by atoms with Gasteiger partial charge in [-0.1, -0.05) is 17.7 Å². The van der Waals surface area contributed by atoms with Crippen molar-refractivity contribution in [3.8, 4) is 0 Å². The van der Waals surface area contributed by atoms with Crippen molar-refractivity contribution in [2.75, 3.05) is 18.1 Å². The van der Waals surface area contributed by atoms with Gasteiger partial charge in [0, 0.05) is 18.3 Å². The second-order valence-corrected chi connectivity index (χ2v) is 4.84. The fourth-order valence-electron chi connectivity index (χ4n) is 2.13. The largest absolute Gasteiger partial charge is 0.375 e. The van der Waals surface area contributed by atoms with Gasteiger partial charge in [0.1, 0.15) is 0 Å². The van der Waals surface area contributed by atoms with E-state index in [4.69, 9.17) is 16.3 Å². The Balaban J connectivity index is 2.38. The highest BCUT2D eigenvalue weighted by atomic mass is 35.5. The van der Waals surface area contributed by atoms with Crippen LogP contribution < -0.4 is 4.90 Å². The Morgan fingerprint density at radius 2 is 2.24 bits per heavy atom. The maximum absolute atomic E-state index is 11.1. The predicted octanol–water partition coefficient (Wildman–Crippen LogP) is 2.77. The lowest BCUT2D eigenvalue weighted by molar-refractivity contribution is 0.0343. The van der Waals surface area contributed by atoms with Crippen LogP contribution in [0.1, 0.15) is 24.2 Å². The van der Waals surface area contributed by atoms with Crippen LogP contribution in [0.15, 0.2) is 18.2 Å². The van der Waals surface area contributed by atoms with Gasteiger partial charge in [-0.3, -0.25) is 4.79 Å². The highest BCUT2D eigenvalue weighted by Gasteiger charge is 2.25. The Kier molecular flexibility index (Phi) is 3.69. The first kappa shape index (κ1) is 12.4. The molecule has 2 rings (SSSR count). The summed E-state index contributed by atoms with van der Waals surface area (Å²) < 4.78 is 5.58. The van der Waals surface area contributed by atoms with Crippen molar-refractivity contribution in [2.45, 2.75) is 26.0 Å². The zero-order valence-corrected chi connectivity index (χ0v) is 10.8. The lowest BCUT2D eigenvalue weighted by Gasteiger charge is -2.39. The topological polar surface area (TPSA) is 29.5 Å². The molecule has 0 radical (unpaired) electrons. The minimum Gasteiger partial charge on any atom is -0.375 e. The minimum absolute atomic E-state index is 0.171. The zero-order chi connectivity index (χ0) is 12.4. The van der Waals surface area contributed by atoms with E-state index in [9.17, 15) is 4.79 Å². The molecule has 17 heavy (non-hydrogen) atoms.